The van der Waals surface area contributed by atoms with Gasteiger partial charge in [-0.25, -0.2) is 4.79 Å². The van der Waals surface area contributed by atoms with Gasteiger partial charge in [0, 0.05) is 11.4 Å². The maximum Gasteiger partial charge on any atom is 0.315 e. The molecule has 0 radical (unpaired) electrons. The summed E-state index contributed by atoms with van der Waals surface area (Å²) < 4.78 is 0. The first-order valence-corrected chi connectivity index (χ1v) is 8.52. The largest absolute Gasteiger partial charge is 0.343 e. The summed E-state index contributed by atoms with van der Waals surface area (Å²) in [6, 6.07) is 11.2. The first-order chi connectivity index (χ1) is 11.2. The van der Waals surface area contributed by atoms with Gasteiger partial charge in [0.1, 0.15) is 6.04 Å². The van der Waals surface area contributed by atoms with Gasteiger partial charge >= 0.3 is 6.03 Å². The van der Waals surface area contributed by atoms with Gasteiger partial charge in [-0.15, -0.1) is 11.3 Å². The molecule has 0 aliphatic carbocycles. The van der Waals surface area contributed by atoms with Crippen LogP contribution in [0.5, 0.6) is 0 Å². The van der Waals surface area contributed by atoms with Gasteiger partial charge in [0.05, 0.1) is 6.04 Å². The number of thiophene rings is 1. The lowest BCUT2D eigenvalue weighted by molar-refractivity contribution is -0.122. The summed E-state index contributed by atoms with van der Waals surface area (Å²) >= 11 is 1.60. The van der Waals surface area contributed by atoms with E-state index in [9.17, 15) is 9.59 Å². The number of rotatable bonds is 5. The predicted octanol–water partition coefficient (Wildman–Crippen LogP) is 2.20. The van der Waals surface area contributed by atoms with Crippen LogP contribution in [0.4, 0.5) is 4.79 Å². The Morgan fingerprint density at radius 2 is 2.13 bits per heavy atom. The standard InChI is InChI=1S/C17H19N3O2S/c1-2-11-5-7-12(8-6-11)15(14-4-3-9-23-14)20-16(21)13-10-18-17(22)19-13/h3-9,13,15H,2,10H2,1H3,(H,20,21)(H2,18,19,22)/t13-,15-/m1/s1. The zero-order valence-corrected chi connectivity index (χ0v) is 13.7. The van der Waals surface area contributed by atoms with Crippen molar-refractivity contribution >= 4 is 23.3 Å². The molecule has 2 heterocycles. The van der Waals surface area contributed by atoms with Crippen LogP contribution in [0.2, 0.25) is 0 Å². The van der Waals surface area contributed by atoms with Crippen molar-refractivity contribution in [1.82, 2.24) is 16.0 Å². The van der Waals surface area contributed by atoms with E-state index >= 15 is 0 Å². The van der Waals surface area contributed by atoms with Crippen LogP contribution in [0, 0.1) is 0 Å². The minimum absolute atomic E-state index is 0.179. The van der Waals surface area contributed by atoms with Crippen molar-refractivity contribution in [2.45, 2.75) is 25.4 Å². The van der Waals surface area contributed by atoms with Crippen LogP contribution in [0.3, 0.4) is 0 Å². The lowest BCUT2D eigenvalue weighted by Crippen LogP contribution is -2.44. The molecule has 5 nitrogen and oxygen atoms in total. The second kappa shape index (κ2) is 6.83. The maximum atomic E-state index is 12.4. The van der Waals surface area contributed by atoms with Crippen molar-refractivity contribution in [2.75, 3.05) is 6.54 Å². The third-order valence-electron chi connectivity index (χ3n) is 3.92. The van der Waals surface area contributed by atoms with Crippen LogP contribution >= 0.6 is 11.3 Å². The highest BCUT2D eigenvalue weighted by molar-refractivity contribution is 7.10. The van der Waals surface area contributed by atoms with E-state index in [4.69, 9.17) is 0 Å². The van der Waals surface area contributed by atoms with E-state index in [1.54, 1.807) is 11.3 Å². The average Bonchev–Trinajstić information content (AvgIpc) is 3.24. The Morgan fingerprint density at radius 1 is 1.35 bits per heavy atom. The number of aryl methyl sites for hydroxylation is 1. The third kappa shape index (κ3) is 3.53. The summed E-state index contributed by atoms with van der Waals surface area (Å²) in [5, 5.41) is 10.3. The Morgan fingerprint density at radius 3 is 2.70 bits per heavy atom. The Kier molecular flexibility index (Phi) is 4.62. The molecule has 1 fully saturated rings. The summed E-state index contributed by atoms with van der Waals surface area (Å²) in [5.41, 5.74) is 2.30. The molecule has 3 N–H and O–H groups in total. The van der Waals surface area contributed by atoms with Gasteiger partial charge in [0.15, 0.2) is 0 Å². The third-order valence-corrected chi connectivity index (χ3v) is 4.86. The first kappa shape index (κ1) is 15.6. The van der Waals surface area contributed by atoms with Crippen molar-refractivity contribution in [3.05, 3.63) is 57.8 Å². The van der Waals surface area contributed by atoms with Crippen molar-refractivity contribution in [3.63, 3.8) is 0 Å². The predicted molar refractivity (Wildman–Crippen MR) is 90.4 cm³/mol. The van der Waals surface area contributed by atoms with Crippen LogP contribution in [0.25, 0.3) is 0 Å². The summed E-state index contributed by atoms with van der Waals surface area (Å²) in [5.74, 6) is -0.179. The smallest absolute Gasteiger partial charge is 0.315 e. The van der Waals surface area contributed by atoms with E-state index in [2.05, 4.69) is 47.1 Å². The number of urea groups is 1. The van der Waals surface area contributed by atoms with Gasteiger partial charge in [-0.3, -0.25) is 4.79 Å². The summed E-state index contributed by atoms with van der Waals surface area (Å²) in [6.07, 6.45) is 0.982. The van der Waals surface area contributed by atoms with Crippen LogP contribution in [0.15, 0.2) is 41.8 Å². The van der Waals surface area contributed by atoms with Crippen molar-refractivity contribution in [3.8, 4) is 0 Å². The lowest BCUT2D eigenvalue weighted by atomic mass is 10.0. The maximum absolute atomic E-state index is 12.4. The van der Waals surface area contributed by atoms with Gasteiger partial charge in [-0.1, -0.05) is 37.3 Å². The zero-order chi connectivity index (χ0) is 16.2. The number of hydrogen-bond donors (Lipinski definition) is 3. The lowest BCUT2D eigenvalue weighted by Gasteiger charge is -2.20. The summed E-state index contributed by atoms with van der Waals surface area (Å²) in [4.78, 5) is 24.7. The fraction of sp³-hybridized carbons (Fsp3) is 0.294. The number of hydrogen-bond acceptors (Lipinski definition) is 3. The molecule has 0 saturated carbocycles. The average molecular weight is 329 g/mol. The van der Waals surface area contributed by atoms with Gasteiger partial charge in [0.25, 0.3) is 0 Å². The highest BCUT2D eigenvalue weighted by atomic mass is 32.1. The molecule has 120 valence electrons. The van der Waals surface area contributed by atoms with E-state index in [0.717, 1.165) is 16.9 Å². The second-order valence-corrected chi connectivity index (χ2v) is 6.44. The van der Waals surface area contributed by atoms with Gasteiger partial charge in [-0.05, 0) is 29.0 Å². The molecule has 0 bridgehead atoms. The molecule has 2 atom stereocenters. The number of benzene rings is 1. The molecule has 2 aromatic rings. The normalized spacial score (nSPS) is 18.1. The minimum Gasteiger partial charge on any atom is -0.343 e. The topological polar surface area (TPSA) is 70.2 Å². The molecule has 1 aromatic carbocycles. The van der Waals surface area contributed by atoms with Gasteiger partial charge in [0.2, 0.25) is 5.91 Å². The molecule has 1 aliphatic heterocycles. The fourth-order valence-corrected chi connectivity index (χ4v) is 3.38. The van der Waals surface area contributed by atoms with Crippen LogP contribution in [0.1, 0.15) is 29.0 Å². The molecule has 6 heteroatoms. The highest BCUT2D eigenvalue weighted by Crippen LogP contribution is 2.26. The number of carbonyl (C=O) groups excluding carboxylic acids is 2. The van der Waals surface area contributed by atoms with Crippen molar-refractivity contribution < 1.29 is 9.59 Å². The quantitative estimate of drug-likeness (QED) is 0.787. The number of amides is 3. The molecule has 0 spiro atoms. The van der Waals surface area contributed by atoms with Crippen LogP contribution < -0.4 is 16.0 Å². The monoisotopic (exact) mass is 329 g/mol. The van der Waals surface area contributed by atoms with Gasteiger partial charge in [-0.2, -0.15) is 0 Å². The molecule has 1 saturated heterocycles. The van der Waals surface area contributed by atoms with Crippen molar-refractivity contribution in [1.29, 1.82) is 0 Å². The minimum atomic E-state index is -0.528. The number of nitrogens with one attached hydrogen (secondary N) is 3. The number of carbonyl (C=O) groups is 2. The fourth-order valence-electron chi connectivity index (χ4n) is 2.58. The second-order valence-electron chi connectivity index (χ2n) is 5.46. The summed E-state index contributed by atoms with van der Waals surface area (Å²) in [6.45, 7) is 2.43. The zero-order valence-electron chi connectivity index (χ0n) is 12.8. The van der Waals surface area contributed by atoms with E-state index in [1.165, 1.54) is 5.56 Å². The molecule has 3 amide bonds. The van der Waals surface area contributed by atoms with E-state index in [1.807, 2.05) is 17.5 Å². The molecule has 1 aromatic heterocycles. The molecule has 23 heavy (non-hydrogen) atoms. The highest BCUT2D eigenvalue weighted by Gasteiger charge is 2.29. The Bertz CT molecular complexity index is 682. The van der Waals surface area contributed by atoms with E-state index in [-0.39, 0.29) is 18.0 Å². The van der Waals surface area contributed by atoms with Crippen LogP contribution in [-0.4, -0.2) is 24.5 Å². The first-order valence-electron chi connectivity index (χ1n) is 7.64. The van der Waals surface area contributed by atoms with E-state index < -0.39 is 6.04 Å². The van der Waals surface area contributed by atoms with Crippen molar-refractivity contribution in [2.24, 2.45) is 0 Å². The molecule has 0 unspecified atom stereocenters. The Hall–Kier alpha value is -2.34. The Labute approximate surface area is 139 Å². The van der Waals surface area contributed by atoms with E-state index in [0.29, 0.717) is 6.54 Å². The molecular formula is C17H19N3O2S. The summed E-state index contributed by atoms with van der Waals surface area (Å²) in [7, 11) is 0. The molecular weight excluding hydrogens is 310 g/mol. The Balaban J connectivity index is 1.81. The van der Waals surface area contributed by atoms with Crippen LogP contribution in [-0.2, 0) is 11.2 Å². The van der Waals surface area contributed by atoms with Gasteiger partial charge < -0.3 is 16.0 Å². The molecule has 3 rings (SSSR count). The molecule has 1 aliphatic rings. The SMILES string of the molecule is CCc1ccc([C@@H](NC(=O)[C@H]2CNC(=O)N2)c2cccs2)cc1.